The van der Waals surface area contributed by atoms with Gasteiger partial charge < -0.3 is 5.32 Å². The van der Waals surface area contributed by atoms with Crippen LogP contribution >= 0.6 is 34.7 Å². The predicted octanol–water partition coefficient (Wildman–Crippen LogP) is 5.45. The zero-order valence-corrected chi connectivity index (χ0v) is 16.9. The summed E-state index contributed by atoms with van der Waals surface area (Å²) in [4.78, 5) is 15.0. The second kappa shape index (κ2) is 8.15. The number of nitrogens with one attached hydrogen (secondary N) is 1. The number of rotatable bonds is 4. The van der Waals surface area contributed by atoms with E-state index in [9.17, 15) is 4.79 Å². The average molecular weight is 420 g/mol. The van der Waals surface area contributed by atoms with Crippen LogP contribution in [0.3, 0.4) is 0 Å². The number of halogens is 2. The molecule has 1 N–H and O–H groups in total. The number of anilines is 1. The molecule has 1 fully saturated rings. The van der Waals surface area contributed by atoms with Crippen molar-refractivity contribution in [2.24, 2.45) is 5.92 Å². The predicted molar refractivity (Wildman–Crippen MR) is 113 cm³/mol. The van der Waals surface area contributed by atoms with Crippen LogP contribution in [-0.4, -0.2) is 28.3 Å². The van der Waals surface area contributed by atoms with Gasteiger partial charge in [-0.05, 0) is 66.8 Å². The Balaban J connectivity index is 1.40. The lowest BCUT2D eigenvalue weighted by Gasteiger charge is -2.32. The summed E-state index contributed by atoms with van der Waals surface area (Å²) in [5, 5.41) is 5.43. The standard InChI is InChI=1S/C20H19Cl2N3OS/c21-16-4-3-13(18(22)9-16)11-25-7-1-2-14(12-25)20(26)24-17-5-6-19-15(8-17)10-23-27-19/h3-6,8-10,14H,1-2,7,11-12H2,(H,24,26). The molecule has 1 saturated heterocycles. The largest absolute Gasteiger partial charge is 0.326 e. The molecule has 0 spiro atoms. The van der Waals surface area contributed by atoms with Gasteiger partial charge in [0.15, 0.2) is 0 Å². The summed E-state index contributed by atoms with van der Waals surface area (Å²) >= 11 is 13.7. The number of nitrogens with zero attached hydrogens (tertiary/aromatic N) is 2. The molecular weight excluding hydrogens is 401 g/mol. The van der Waals surface area contributed by atoms with E-state index in [2.05, 4.69) is 14.6 Å². The van der Waals surface area contributed by atoms with Crippen LogP contribution in [0.25, 0.3) is 10.1 Å². The molecule has 1 amide bonds. The Labute approximate surface area is 172 Å². The van der Waals surface area contributed by atoms with Crippen molar-refractivity contribution in [1.82, 2.24) is 9.27 Å². The topological polar surface area (TPSA) is 45.2 Å². The Morgan fingerprint density at radius 2 is 2.15 bits per heavy atom. The Morgan fingerprint density at radius 3 is 3.00 bits per heavy atom. The minimum Gasteiger partial charge on any atom is -0.326 e. The Bertz CT molecular complexity index is 975. The lowest BCUT2D eigenvalue weighted by Crippen LogP contribution is -2.40. The fraction of sp³-hybridized carbons (Fsp3) is 0.300. The zero-order valence-electron chi connectivity index (χ0n) is 14.6. The van der Waals surface area contributed by atoms with E-state index < -0.39 is 0 Å². The first-order valence-electron chi connectivity index (χ1n) is 8.90. The van der Waals surface area contributed by atoms with Crippen LogP contribution < -0.4 is 5.32 Å². The molecule has 0 aliphatic carbocycles. The van der Waals surface area contributed by atoms with Gasteiger partial charge in [-0.3, -0.25) is 9.69 Å². The number of aromatic nitrogens is 1. The first-order chi connectivity index (χ1) is 13.1. The van der Waals surface area contributed by atoms with Gasteiger partial charge in [0.05, 0.1) is 10.6 Å². The number of benzene rings is 2. The summed E-state index contributed by atoms with van der Waals surface area (Å²) < 4.78 is 5.30. The maximum absolute atomic E-state index is 12.8. The summed E-state index contributed by atoms with van der Waals surface area (Å²) in [6.07, 6.45) is 3.73. The highest BCUT2D eigenvalue weighted by molar-refractivity contribution is 7.13. The number of fused-ring (bicyclic) bond motifs is 1. The van der Waals surface area contributed by atoms with Crippen molar-refractivity contribution < 1.29 is 4.79 Å². The second-order valence-corrected chi connectivity index (χ2v) is 8.55. The van der Waals surface area contributed by atoms with Gasteiger partial charge >= 0.3 is 0 Å². The zero-order chi connectivity index (χ0) is 18.8. The molecule has 1 unspecified atom stereocenters. The van der Waals surface area contributed by atoms with Crippen molar-refractivity contribution in [2.75, 3.05) is 18.4 Å². The van der Waals surface area contributed by atoms with E-state index in [4.69, 9.17) is 23.2 Å². The van der Waals surface area contributed by atoms with Crippen LogP contribution in [-0.2, 0) is 11.3 Å². The summed E-state index contributed by atoms with van der Waals surface area (Å²) in [5.74, 6) is 0.0468. The molecule has 2 heterocycles. The van der Waals surface area contributed by atoms with Crippen molar-refractivity contribution in [2.45, 2.75) is 19.4 Å². The van der Waals surface area contributed by atoms with Gasteiger partial charge in [-0.1, -0.05) is 29.3 Å². The van der Waals surface area contributed by atoms with E-state index in [1.165, 1.54) is 11.5 Å². The van der Waals surface area contributed by atoms with Gasteiger partial charge in [0.25, 0.3) is 0 Å². The van der Waals surface area contributed by atoms with Crippen LogP contribution in [0, 0.1) is 5.92 Å². The Kier molecular flexibility index (Phi) is 5.64. The van der Waals surface area contributed by atoms with Gasteiger partial charge in [0.1, 0.15) is 0 Å². The molecule has 1 atom stereocenters. The minimum atomic E-state index is -0.0267. The highest BCUT2D eigenvalue weighted by atomic mass is 35.5. The average Bonchev–Trinajstić information content (AvgIpc) is 3.12. The fourth-order valence-corrected chi connectivity index (χ4v) is 4.59. The number of hydrogen-bond donors (Lipinski definition) is 1. The number of hydrogen-bond acceptors (Lipinski definition) is 4. The van der Waals surface area contributed by atoms with E-state index in [0.717, 1.165) is 53.8 Å². The summed E-state index contributed by atoms with van der Waals surface area (Å²) in [6.45, 7) is 2.43. The van der Waals surface area contributed by atoms with Crippen molar-refractivity contribution in [3.05, 3.63) is 58.2 Å². The molecule has 4 nitrogen and oxygen atoms in total. The van der Waals surface area contributed by atoms with Crippen LogP contribution in [0.4, 0.5) is 5.69 Å². The van der Waals surface area contributed by atoms with Crippen molar-refractivity contribution in [3.63, 3.8) is 0 Å². The summed E-state index contributed by atoms with van der Waals surface area (Å²) in [7, 11) is 0. The minimum absolute atomic E-state index is 0.0267. The maximum Gasteiger partial charge on any atom is 0.228 e. The molecule has 7 heteroatoms. The fourth-order valence-electron chi connectivity index (χ4n) is 3.50. The summed E-state index contributed by atoms with van der Waals surface area (Å²) in [6, 6.07) is 11.5. The molecule has 3 aromatic rings. The first-order valence-corrected chi connectivity index (χ1v) is 10.4. The highest BCUT2D eigenvalue weighted by Crippen LogP contribution is 2.26. The van der Waals surface area contributed by atoms with Crippen LogP contribution in [0.1, 0.15) is 18.4 Å². The molecule has 2 aromatic carbocycles. The van der Waals surface area contributed by atoms with E-state index in [1.807, 2.05) is 36.5 Å². The van der Waals surface area contributed by atoms with Crippen molar-refractivity contribution in [1.29, 1.82) is 0 Å². The third-order valence-electron chi connectivity index (χ3n) is 4.91. The molecule has 1 aromatic heterocycles. The van der Waals surface area contributed by atoms with Gasteiger partial charge in [-0.2, -0.15) is 4.37 Å². The van der Waals surface area contributed by atoms with E-state index in [0.29, 0.717) is 10.0 Å². The molecule has 4 rings (SSSR count). The van der Waals surface area contributed by atoms with Gasteiger partial charge in [0, 0.05) is 40.4 Å². The molecule has 0 bridgehead atoms. The lowest BCUT2D eigenvalue weighted by atomic mass is 9.96. The van der Waals surface area contributed by atoms with Crippen molar-refractivity contribution in [3.8, 4) is 0 Å². The number of piperidine rings is 1. The van der Waals surface area contributed by atoms with Gasteiger partial charge in [0.2, 0.25) is 5.91 Å². The van der Waals surface area contributed by atoms with Crippen LogP contribution in [0.2, 0.25) is 10.0 Å². The number of amides is 1. The molecular formula is C20H19Cl2N3OS. The third-order valence-corrected chi connectivity index (χ3v) is 6.27. The van der Waals surface area contributed by atoms with E-state index in [1.54, 1.807) is 6.07 Å². The number of likely N-dealkylation sites (tertiary alicyclic amines) is 1. The monoisotopic (exact) mass is 419 g/mol. The smallest absolute Gasteiger partial charge is 0.228 e. The third kappa shape index (κ3) is 4.43. The molecule has 0 radical (unpaired) electrons. The van der Waals surface area contributed by atoms with Gasteiger partial charge in [-0.15, -0.1) is 0 Å². The first kappa shape index (κ1) is 18.7. The Hall–Kier alpha value is -1.66. The molecule has 1 aliphatic heterocycles. The Morgan fingerprint density at radius 1 is 1.26 bits per heavy atom. The molecule has 140 valence electrons. The molecule has 1 aliphatic rings. The van der Waals surface area contributed by atoms with Crippen molar-refractivity contribution >= 4 is 56.4 Å². The quantitative estimate of drug-likeness (QED) is 0.610. The summed E-state index contributed by atoms with van der Waals surface area (Å²) in [5.41, 5.74) is 1.86. The van der Waals surface area contributed by atoms with Crippen LogP contribution in [0.5, 0.6) is 0 Å². The van der Waals surface area contributed by atoms with E-state index in [-0.39, 0.29) is 11.8 Å². The van der Waals surface area contributed by atoms with E-state index >= 15 is 0 Å². The highest BCUT2D eigenvalue weighted by Gasteiger charge is 2.26. The van der Waals surface area contributed by atoms with Gasteiger partial charge in [-0.25, -0.2) is 0 Å². The second-order valence-electron chi connectivity index (χ2n) is 6.88. The maximum atomic E-state index is 12.8. The normalized spacial score (nSPS) is 17.9. The lowest BCUT2D eigenvalue weighted by molar-refractivity contribution is -0.121. The molecule has 0 saturated carbocycles. The SMILES string of the molecule is O=C(Nc1ccc2sncc2c1)C1CCCN(Cc2ccc(Cl)cc2Cl)C1. The number of carbonyl (C=O) groups is 1. The number of carbonyl (C=O) groups excluding carboxylic acids is 1. The van der Waals surface area contributed by atoms with Crippen LogP contribution in [0.15, 0.2) is 42.6 Å². The molecule has 27 heavy (non-hydrogen) atoms.